The van der Waals surface area contributed by atoms with E-state index in [0.29, 0.717) is 0 Å². The lowest BCUT2D eigenvalue weighted by atomic mass is 9.97. The Morgan fingerprint density at radius 2 is 1.92 bits per heavy atom. The average Bonchev–Trinajstić information content (AvgIpc) is 3.16. The van der Waals surface area contributed by atoms with Crippen LogP contribution in [0.1, 0.15) is 49.3 Å². The second kappa shape index (κ2) is 7.33. The lowest BCUT2D eigenvalue weighted by molar-refractivity contribution is -0.138. The molecular formula is C18H23F3N2O2. The van der Waals surface area contributed by atoms with Gasteiger partial charge in [0.2, 0.25) is 5.91 Å². The fourth-order valence-corrected chi connectivity index (χ4v) is 3.95. The number of carbonyl (C=O) groups excluding carboxylic acids is 1. The van der Waals surface area contributed by atoms with Crippen LogP contribution in [0.25, 0.3) is 0 Å². The first-order valence-corrected chi connectivity index (χ1v) is 8.72. The van der Waals surface area contributed by atoms with Gasteiger partial charge in [0.25, 0.3) is 0 Å². The summed E-state index contributed by atoms with van der Waals surface area (Å²) in [6.45, 7) is 0.208. The van der Waals surface area contributed by atoms with Crippen molar-refractivity contribution in [3.05, 3.63) is 35.4 Å². The summed E-state index contributed by atoms with van der Waals surface area (Å²) in [6, 6.07) is 4.97. The molecule has 1 aliphatic heterocycles. The van der Waals surface area contributed by atoms with Gasteiger partial charge in [-0.05, 0) is 30.9 Å². The summed E-state index contributed by atoms with van der Waals surface area (Å²) in [6.07, 6.45) is -0.899. The highest BCUT2D eigenvalue weighted by Crippen LogP contribution is 2.40. The molecule has 1 aromatic carbocycles. The third kappa shape index (κ3) is 4.33. The second-order valence-corrected chi connectivity index (χ2v) is 6.97. The molecule has 7 heteroatoms. The van der Waals surface area contributed by atoms with Crippen LogP contribution in [0.2, 0.25) is 0 Å². The normalized spacial score (nSPS) is 25.4. The number of β-amino-alcohol motifs (C(OH)–C–C–N with tert-alkyl or cyclic N) is 1. The average molecular weight is 356 g/mol. The maximum atomic E-state index is 13.3. The highest BCUT2D eigenvalue weighted by atomic mass is 19.4. The van der Waals surface area contributed by atoms with Crippen LogP contribution in [0, 0.1) is 0 Å². The molecule has 4 nitrogen and oxygen atoms in total. The number of aliphatic hydroxyl groups is 1. The van der Waals surface area contributed by atoms with Crippen molar-refractivity contribution in [2.75, 3.05) is 13.1 Å². The predicted molar refractivity (Wildman–Crippen MR) is 86.8 cm³/mol. The molecule has 1 saturated carbocycles. The largest absolute Gasteiger partial charge is 0.416 e. The van der Waals surface area contributed by atoms with Gasteiger partial charge in [0.15, 0.2) is 0 Å². The summed E-state index contributed by atoms with van der Waals surface area (Å²) in [5.74, 6) is -0.185. The molecule has 138 valence electrons. The van der Waals surface area contributed by atoms with Crippen LogP contribution in [-0.4, -0.2) is 41.1 Å². The molecule has 1 aliphatic carbocycles. The van der Waals surface area contributed by atoms with E-state index >= 15 is 0 Å². The van der Waals surface area contributed by atoms with E-state index in [1.807, 2.05) is 0 Å². The molecular weight excluding hydrogens is 333 g/mol. The van der Waals surface area contributed by atoms with Gasteiger partial charge in [-0.3, -0.25) is 9.69 Å². The van der Waals surface area contributed by atoms with E-state index in [9.17, 15) is 23.1 Å². The lowest BCUT2D eigenvalue weighted by Gasteiger charge is -2.27. The molecule has 2 N–H and O–H groups in total. The van der Waals surface area contributed by atoms with Gasteiger partial charge >= 0.3 is 6.18 Å². The Hall–Kier alpha value is -1.60. The fraction of sp³-hybridized carbons (Fsp3) is 0.611. The van der Waals surface area contributed by atoms with Crippen molar-refractivity contribution in [1.29, 1.82) is 0 Å². The SMILES string of the molecule is O=C(CN1C[C@@H](O)C[C@H]1c1ccccc1C(F)(F)F)NC1CCCC1. The van der Waals surface area contributed by atoms with Gasteiger partial charge in [0.1, 0.15) is 0 Å². The number of aliphatic hydroxyl groups excluding tert-OH is 1. The third-order valence-electron chi connectivity index (χ3n) is 5.07. The monoisotopic (exact) mass is 356 g/mol. The number of alkyl halides is 3. The highest BCUT2D eigenvalue weighted by molar-refractivity contribution is 5.78. The molecule has 3 rings (SSSR count). The van der Waals surface area contributed by atoms with Crippen molar-refractivity contribution in [3.63, 3.8) is 0 Å². The van der Waals surface area contributed by atoms with Gasteiger partial charge in [-0.2, -0.15) is 13.2 Å². The standard InChI is InChI=1S/C18H23F3N2O2/c19-18(20,21)15-8-4-3-7-14(15)16-9-13(24)10-23(16)11-17(25)22-12-5-1-2-6-12/h3-4,7-8,12-13,16,24H,1-2,5-6,9-11H2,(H,22,25)/t13-,16-/m0/s1. The minimum atomic E-state index is -4.46. The van der Waals surface area contributed by atoms with Crippen molar-refractivity contribution in [3.8, 4) is 0 Å². The van der Waals surface area contributed by atoms with E-state index < -0.39 is 23.9 Å². The minimum Gasteiger partial charge on any atom is -0.392 e. The Balaban J connectivity index is 1.75. The van der Waals surface area contributed by atoms with Gasteiger partial charge in [0, 0.05) is 18.6 Å². The first-order valence-electron chi connectivity index (χ1n) is 8.72. The Morgan fingerprint density at radius 3 is 2.60 bits per heavy atom. The van der Waals surface area contributed by atoms with Crippen molar-refractivity contribution < 1.29 is 23.1 Å². The first kappa shape index (κ1) is 18.2. The molecule has 1 saturated heterocycles. The van der Waals surface area contributed by atoms with Gasteiger partial charge in [0.05, 0.1) is 18.2 Å². The summed E-state index contributed by atoms with van der Waals surface area (Å²) < 4.78 is 39.9. The molecule has 1 amide bonds. The molecule has 2 atom stereocenters. The van der Waals surface area contributed by atoms with Gasteiger partial charge in [-0.1, -0.05) is 31.0 Å². The maximum absolute atomic E-state index is 13.3. The van der Waals surface area contributed by atoms with Gasteiger partial charge < -0.3 is 10.4 Å². The number of halogens is 3. The van der Waals surface area contributed by atoms with Crippen molar-refractivity contribution in [2.24, 2.45) is 0 Å². The molecule has 0 bridgehead atoms. The second-order valence-electron chi connectivity index (χ2n) is 6.97. The van der Waals surface area contributed by atoms with Crippen LogP contribution in [0.15, 0.2) is 24.3 Å². The van der Waals surface area contributed by atoms with Gasteiger partial charge in [-0.25, -0.2) is 0 Å². The van der Waals surface area contributed by atoms with Crippen LogP contribution in [0.5, 0.6) is 0 Å². The number of amides is 1. The molecule has 1 heterocycles. The maximum Gasteiger partial charge on any atom is 0.416 e. The zero-order valence-corrected chi connectivity index (χ0v) is 13.9. The van der Waals surface area contributed by atoms with E-state index in [1.54, 1.807) is 11.0 Å². The molecule has 0 spiro atoms. The molecule has 0 unspecified atom stereocenters. The zero-order valence-electron chi connectivity index (χ0n) is 13.9. The molecule has 25 heavy (non-hydrogen) atoms. The van der Waals surface area contributed by atoms with Crippen molar-refractivity contribution in [1.82, 2.24) is 10.2 Å². The third-order valence-corrected chi connectivity index (χ3v) is 5.07. The number of hydrogen-bond donors (Lipinski definition) is 2. The number of carbonyl (C=O) groups is 1. The quantitative estimate of drug-likeness (QED) is 0.872. The van der Waals surface area contributed by atoms with Crippen LogP contribution in [0.3, 0.4) is 0 Å². The Bertz CT molecular complexity index is 615. The summed E-state index contributed by atoms with van der Waals surface area (Å²) >= 11 is 0. The predicted octanol–water partition coefficient (Wildman–Crippen LogP) is 2.87. The molecule has 0 aromatic heterocycles. The van der Waals surface area contributed by atoms with Crippen molar-refractivity contribution >= 4 is 5.91 Å². The zero-order chi connectivity index (χ0) is 18.0. The Labute approximate surface area is 145 Å². The number of rotatable bonds is 4. The summed E-state index contributed by atoms with van der Waals surface area (Å²) in [4.78, 5) is 13.9. The molecule has 2 aliphatic rings. The summed E-state index contributed by atoms with van der Waals surface area (Å²) in [7, 11) is 0. The highest BCUT2D eigenvalue weighted by Gasteiger charge is 2.40. The van der Waals surface area contributed by atoms with Crippen LogP contribution in [-0.2, 0) is 11.0 Å². The minimum absolute atomic E-state index is 0.00438. The fourth-order valence-electron chi connectivity index (χ4n) is 3.95. The van der Waals surface area contributed by atoms with Crippen molar-refractivity contribution in [2.45, 2.75) is 56.5 Å². The van der Waals surface area contributed by atoms with E-state index in [1.165, 1.54) is 12.1 Å². The Morgan fingerprint density at radius 1 is 1.24 bits per heavy atom. The lowest BCUT2D eigenvalue weighted by Crippen LogP contribution is -2.41. The van der Waals surface area contributed by atoms with E-state index in [2.05, 4.69) is 5.32 Å². The number of benzene rings is 1. The summed E-state index contributed by atoms with van der Waals surface area (Å²) in [5.41, 5.74) is -0.574. The van der Waals surface area contributed by atoms with Crippen LogP contribution in [0.4, 0.5) is 13.2 Å². The Kier molecular flexibility index (Phi) is 5.34. The number of likely N-dealkylation sites (tertiary alicyclic amines) is 1. The topological polar surface area (TPSA) is 52.6 Å². The summed E-state index contributed by atoms with van der Waals surface area (Å²) in [5, 5.41) is 12.9. The van der Waals surface area contributed by atoms with Crippen LogP contribution < -0.4 is 5.32 Å². The molecule has 2 fully saturated rings. The van der Waals surface area contributed by atoms with E-state index in [-0.39, 0.29) is 37.0 Å². The number of hydrogen-bond acceptors (Lipinski definition) is 3. The molecule has 0 radical (unpaired) electrons. The van der Waals surface area contributed by atoms with E-state index in [4.69, 9.17) is 0 Å². The number of nitrogens with one attached hydrogen (secondary N) is 1. The molecule has 1 aromatic rings. The van der Waals surface area contributed by atoms with Gasteiger partial charge in [-0.15, -0.1) is 0 Å². The van der Waals surface area contributed by atoms with Crippen LogP contribution >= 0.6 is 0 Å². The first-order chi connectivity index (χ1) is 11.8. The van der Waals surface area contributed by atoms with E-state index in [0.717, 1.165) is 31.7 Å². The smallest absolute Gasteiger partial charge is 0.392 e. The number of nitrogens with zero attached hydrogens (tertiary/aromatic N) is 1.